The Bertz CT molecular complexity index is 367. The Morgan fingerprint density at radius 1 is 1.18 bits per heavy atom. The highest BCUT2D eigenvalue weighted by atomic mass is 19.4. The van der Waals surface area contributed by atoms with Crippen LogP contribution >= 0.6 is 0 Å². The van der Waals surface area contributed by atoms with E-state index in [1.54, 1.807) is 0 Å². The van der Waals surface area contributed by atoms with Gasteiger partial charge in [0.1, 0.15) is 11.9 Å². The van der Waals surface area contributed by atoms with Crippen LogP contribution in [-0.4, -0.2) is 12.2 Å². The van der Waals surface area contributed by atoms with E-state index in [9.17, 15) is 17.6 Å². The summed E-state index contributed by atoms with van der Waals surface area (Å²) in [4.78, 5) is 0. The van der Waals surface area contributed by atoms with Crippen LogP contribution in [0.3, 0.4) is 0 Å². The molecular formula is C12H13F4N. The minimum atomic E-state index is -4.21. The summed E-state index contributed by atoms with van der Waals surface area (Å²) in [6.07, 6.45) is -2.96. The van der Waals surface area contributed by atoms with Crippen LogP contribution in [0.2, 0.25) is 0 Å². The van der Waals surface area contributed by atoms with Gasteiger partial charge < -0.3 is 5.32 Å². The molecular weight excluding hydrogens is 234 g/mol. The van der Waals surface area contributed by atoms with Crippen molar-refractivity contribution < 1.29 is 17.6 Å². The van der Waals surface area contributed by atoms with Crippen LogP contribution in [0.1, 0.15) is 18.4 Å². The van der Waals surface area contributed by atoms with E-state index in [0.29, 0.717) is 18.4 Å². The first-order valence-electron chi connectivity index (χ1n) is 5.51. The summed E-state index contributed by atoms with van der Waals surface area (Å²) in [5, 5.41) is 2.51. The summed E-state index contributed by atoms with van der Waals surface area (Å²) < 4.78 is 50.6. The molecule has 5 heteroatoms. The maximum Gasteiger partial charge on any atom is 0.404 e. The zero-order chi connectivity index (χ0) is 12.5. The quantitative estimate of drug-likeness (QED) is 0.805. The fourth-order valence-electron chi connectivity index (χ4n) is 1.81. The van der Waals surface area contributed by atoms with E-state index in [2.05, 4.69) is 5.32 Å². The number of hydrogen-bond acceptors (Lipinski definition) is 1. The largest absolute Gasteiger partial charge is 0.404 e. The molecule has 0 saturated heterocycles. The summed E-state index contributed by atoms with van der Waals surface area (Å²) in [5.41, 5.74) is 0.654. The van der Waals surface area contributed by atoms with Crippen molar-refractivity contribution in [1.82, 2.24) is 5.32 Å². The number of alkyl halides is 3. The highest BCUT2D eigenvalue weighted by Crippen LogP contribution is 2.40. The lowest BCUT2D eigenvalue weighted by molar-refractivity contribution is -0.161. The SMILES string of the molecule is Fc1ccc(CN[C@H](C2CC2)C(F)(F)F)cc1. The van der Waals surface area contributed by atoms with E-state index in [4.69, 9.17) is 0 Å². The van der Waals surface area contributed by atoms with Gasteiger partial charge in [0.25, 0.3) is 0 Å². The third-order valence-electron chi connectivity index (χ3n) is 2.89. The summed E-state index contributed by atoms with van der Waals surface area (Å²) in [7, 11) is 0. The first kappa shape index (κ1) is 12.4. The van der Waals surface area contributed by atoms with Gasteiger partial charge in [-0.1, -0.05) is 12.1 Å². The minimum Gasteiger partial charge on any atom is -0.302 e. The lowest BCUT2D eigenvalue weighted by Crippen LogP contribution is -2.43. The second kappa shape index (κ2) is 4.64. The van der Waals surface area contributed by atoms with Gasteiger partial charge in [-0.25, -0.2) is 4.39 Å². The van der Waals surface area contributed by atoms with Crippen LogP contribution in [0, 0.1) is 11.7 Å². The van der Waals surface area contributed by atoms with E-state index in [1.165, 1.54) is 24.3 Å². The van der Waals surface area contributed by atoms with Gasteiger partial charge in [0.2, 0.25) is 0 Å². The molecule has 0 aromatic heterocycles. The molecule has 1 atom stereocenters. The average molecular weight is 247 g/mol. The molecule has 0 unspecified atom stereocenters. The van der Waals surface area contributed by atoms with E-state index in [-0.39, 0.29) is 18.3 Å². The summed E-state index contributed by atoms with van der Waals surface area (Å²) in [5.74, 6) is -0.682. The Kier molecular flexibility index (Phi) is 3.38. The maximum atomic E-state index is 12.7. The fourth-order valence-corrected chi connectivity index (χ4v) is 1.81. The molecule has 1 aliphatic rings. The van der Waals surface area contributed by atoms with Crippen LogP contribution in [0.5, 0.6) is 0 Å². The normalized spacial score (nSPS) is 18.1. The maximum absolute atomic E-state index is 12.7. The van der Waals surface area contributed by atoms with E-state index < -0.39 is 12.2 Å². The van der Waals surface area contributed by atoms with Gasteiger partial charge in [0.05, 0.1) is 0 Å². The van der Waals surface area contributed by atoms with Crippen molar-refractivity contribution >= 4 is 0 Å². The van der Waals surface area contributed by atoms with Gasteiger partial charge in [-0.2, -0.15) is 13.2 Å². The molecule has 0 spiro atoms. The molecule has 1 aromatic rings. The predicted octanol–water partition coefficient (Wildman–Crippen LogP) is 3.26. The van der Waals surface area contributed by atoms with Gasteiger partial charge in [-0.05, 0) is 36.5 Å². The first-order chi connectivity index (χ1) is 7.97. The Labute approximate surface area is 96.8 Å². The second-order valence-corrected chi connectivity index (χ2v) is 4.36. The molecule has 1 nitrogen and oxygen atoms in total. The van der Waals surface area contributed by atoms with Gasteiger partial charge in [-0.15, -0.1) is 0 Å². The third kappa shape index (κ3) is 3.43. The molecule has 1 fully saturated rings. The monoisotopic (exact) mass is 247 g/mol. The topological polar surface area (TPSA) is 12.0 Å². The fraction of sp³-hybridized carbons (Fsp3) is 0.500. The third-order valence-corrected chi connectivity index (χ3v) is 2.89. The Balaban J connectivity index is 1.93. The molecule has 1 N–H and O–H groups in total. The molecule has 0 radical (unpaired) electrons. The number of nitrogens with one attached hydrogen (secondary N) is 1. The molecule has 1 saturated carbocycles. The lowest BCUT2D eigenvalue weighted by atomic mass is 10.1. The zero-order valence-corrected chi connectivity index (χ0v) is 9.10. The van der Waals surface area contributed by atoms with Gasteiger partial charge in [0, 0.05) is 6.54 Å². The smallest absolute Gasteiger partial charge is 0.302 e. The number of halogens is 4. The van der Waals surface area contributed by atoms with E-state index >= 15 is 0 Å². The second-order valence-electron chi connectivity index (χ2n) is 4.36. The molecule has 1 aromatic carbocycles. The molecule has 1 aliphatic carbocycles. The van der Waals surface area contributed by atoms with Gasteiger partial charge >= 0.3 is 6.18 Å². The molecule has 17 heavy (non-hydrogen) atoms. The molecule has 2 rings (SSSR count). The molecule has 0 aliphatic heterocycles. The Morgan fingerprint density at radius 2 is 1.76 bits per heavy atom. The number of rotatable bonds is 4. The first-order valence-corrected chi connectivity index (χ1v) is 5.51. The van der Waals surface area contributed by atoms with Crippen LogP contribution < -0.4 is 5.32 Å². The molecule has 94 valence electrons. The summed E-state index contributed by atoms with van der Waals surface area (Å²) in [6, 6.07) is 4.03. The van der Waals surface area contributed by atoms with E-state index in [0.717, 1.165) is 0 Å². The summed E-state index contributed by atoms with van der Waals surface area (Å²) >= 11 is 0. The Morgan fingerprint density at radius 3 is 2.24 bits per heavy atom. The predicted molar refractivity (Wildman–Crippen MR) is 55.8 cm³/mol. The van der Waals surface area contributed by atoms with Crippen LogP contribution in [0.25, 0.3) is 0 Å². The van der Waals surface area contributed by atoms with Crippen molar-refractivity contribution in [2.24, 2.45) is 5.92 Å². The standard InChI is InChI=1S/C12H13F4N/c13-10-5-1-8(2-6-10)7-17-11(9-3-4-9)12(14,15)16/h1-2,5-6,9,11,17H,3-4,7H2/t11-/m1/s1. The van der Waals surface area contributed by atoms with Crippen molar-refractivity contribution in [2.75, 3.05) is 0 Å². The summed E-state index contributed by atoms with van der Waals surface area (Å²) in [6.45, 7) is 0.112. The molecule has 0 bridgehead atoms. The van der Waals surface area contributed by atoms with Crippen LogP contribution in [-0.2, 0) is 6.54 Å². The van der Waals surface area contributed by atoms with Crippen molar-refractivity contribution in [3.8, 4) is 0 Å². The van der Waals surface area contributed by atoms with Crippen LogP contribution in [0.4, 0.5) is 17.6 Å². The lowest BCUT2D eigenvalue weighted by Gasteiger charge is -2.21. The average Bonchev–Trinajstić information content (AvgIpc) is 3.03. The zero-order valence-electron chi connectivity index (χ0n) is 9.10. The number of hydrogen-bond donors (Lipinski definition) is 1. The van der Waals surface area contributed by atoms with Gasteiger partial charge in [-0.3, -0.25) is 0 Å². The highest BCUT2D eigenvalue weighted by Gasteiger charge is 2.48. The minimum absolute atomic E-state index is 0.112. The Hall–Kier alpha value is -1.10. The highest BCUT2D eigenvalue weighted by molar-refractivity contribution is 5.16. The van der Waals surface area contributed by atoms with Crippen molar-refractivity contribution in [1.29, 1.82) is 0 Å². The van der Waals surface area contributed by atoms with Crippen molar-refractivity contribution in [3.05, 3.63) is 35.6 Å². The van der Waals surface area contributed by atoms with Crippen molar-refractivity contribution in [3.63, 3.8) is 0 Å². The van der Waals surface area contributed by atoms with Gasteiger partial charge in [0.15, 0.2) is 0 Å². The molecule has 0 amide bonds. The van der Waals surface area contributed by atoms with Crippen molar-refractivity contribution in [2.45, 2.75) is 31.6 Å². The molecule has 0 heterocycles. The number of benzene rings is 1. The van der Waals surface area contributed by atoms with Crippen LogP contribution in [0.15, 0.2) is 24.3 Å². The van der Waals surface area contributed by atoms with E-state index in [1.807, 2.05) is 0 Å².